The molecule has 2 N–H and O–H groups in total. The Morgan fingerprint density at radius 3 is 2.53 bits per heavy atom. The summed E-state index contributed by atoms with van der Waals surface area (Å²) in [7, 11) is 1.92. The van der Waals surface area contributed by atoms with Gasteiger partial charge in [0, 0.05) is 18.7 Å². The van der Waals surface area contributed by atoms with Crippen LogP contribution in [0, 0.1) is 5.92 Å². The third-order valence-corrected chi connectivity index (χ3v) is 3.32. The molecule has 1 saturated carbocycles. The summed E-state index contributed by atoms with van der Waals surface area (Å²) in [6, 6.07) is 8.00. The van der Waals surface area contributed by atoms with Gasteiger partial charge >= 0.3 is 0 Å². The van der Waals surface area contributed by atoms with Gasteiger partial charge in [-0.3, -0.25) is 4.79 Å². The molecule has 0 aromatic heterocycles. The minimum atomic E-state index is 0.149. The Morgan fingerprint density at radius 2 is 2.00 bits per heavy atom. The molecule has 1 aliphatic carbocycles. The summed E-state index contributed by atoms with van der Waals surface area (Å²) in [5, 5.41) is 6.05. The van der Waals surface area contributed by atoms with Gasteiger partial charge in [-0.1, -0.05) is 18.6 Å². The van der Waals surface area contributed by atoms with Crippen LogP contribution in [-0.4, -0.2) is 13.0 Å². The fourth-order valence-electron chi connectivity index (χ4n) is 2.08. The molecule has 0 spiro atoms. The summed E-state index contributed by atoms with van der Waals surface area (Å²) < 4.78 is 0. The SMILES string of the molecule is CNCc1ccc(NC(=O)CC2CCC2)cc1. The highest BCUT2D eigenvalue weighted by Crippen LogP contribution is 2.29. The molecule has 1 amide bonds. The standard InChI is InChI=1S/C14H20N2O/c1-15-10-12-5-7-13(8-6-12)16-14(17)9-11-3-2-4-11/h5-8,11,15H,2-4,9-10H2,1H3,(H,16,17). The molecule has 0 unspecified atom stereocenters. The van der Waals surface area contributed by atoms with Crippen LogP contribution in [0.15, 0.2) is 24.3 Å². The van der Waals surface area contributed by atoms with Crippen molar-refractivity contribution in [3.63, 3.8) is 0 Å². The van der Waals surface area contributed by atoms with Crippen LogP contribution in [-0.2, 0) is 11.3 Å². The first-order valence-electron chi connectivity index (χ1n) is 6.31. The monoisotopic (exact) mass is 232 g/mol. The van der Waals surface area contributed by atoms with Gasteiger partial charge in [-0.15, -0.1) is 0 Å². The smallest absolute Gasteiger partial charge is 0.224 e. The second kappa shape index (κ2) is 5.82. The molecule has 1 aliphatic rings. The van der Waals surface area contributed by atoms with E-state index in [1.54, 1.807) is 0 Å². The fourth-order valence-corrected chi connectivity index (χ4v) is 2.08. The number of nitrogens with one attached hydrogen (secondary N) is 2. The van der Waals surface area contributed by atoms with Gasteiger partial charge in [0.25, 0.3) is 0 Å². The third-order valence-electron chi connectivity index (χ3n) is 3.32. The van der Waals surface area contributed by atoms with Gasteiger partial charge < -0.3 is 10.6 Å². The van der Waals surface area contributed by atoms with Crippen molar-refractivity contribution in [2.24, 2.45) is 5.92 Å². The summed E-state index contributed by atoms with van der Waals surface area (Å²) >= 11 is 0. The Morgan fingerprint density at radius 1 is 1.29 bits per heavy atom. The highest BCUT2D eigenvalue weighted by Gasteiger charge is 2.20. The van der Waals surface area contributed by atoms with E-state index in [0.717, 1.165) is 12.2 Å². The molecule has 0 bridgehead atoms. The Balaban J connectivity index is 1.82. The maximum atomic E-state index is 11.7. The molecule has 3 heteroatoms. The average Bonchev–Trinajstić information content (AvgIpc) is 2.27. The van der Waals surface area contributed by atoms with Crippen molar-refractivity contribution in [2.75, 3.05) is 12.4 Å². The van der Waals surface area contributed by atoms with E-state index in [2.05, 4.69) is 10.6 Å². The van der Waals surface area contributed by atoms with Gasteiger partial charge in [0.05, 0.1) is 0 Å². The molecule has 1 aromatic carbocycles. The molecule has 0 atom stereocenters. The summed E-state index contributed by atoms with van der Waals surface area (Å²) in [6.07, 6.45) is 4.40. The van der Waals surface area contributed by atoms with Crippen molar-refractivity contribution in [3.05, 3.63) is 29.8 Å². The molecule has 0 aliphatic heterocycles. The number of amides is 1. The van der Waals surface area contributed by atoms with E-state index in [1.165, 1.54) is 24.8 Å². The zero-order valence-electron chi connectivity index (χ0n) is 10.3. The number of hydrogen-bond acceptors (Lipinski definition) is 2. The van der Waals surface area contributed by atoms with E-state index in [-0.39, 0.29) is 5.91 Å². The molecule has 92 valence electrons. The zero-order chi connectivity index (χ0) is 12.1. The van der Waals surface area contributed by atoms with Crippen molar-refractivity contribution >= 4 is 11.6 Å². The van der Waals surface area contributed by atoms with Crippen molar-refractivity contribution in [3.8, 4) is 0 Å². The van der Waals surface area contributed by atoms with Gasteiger partial charge in [0.2, 0.25) is 5.91 Å². The van der Waals surface area contributed by atoms with Crippen LogP contribution in [0.3, 0.4) is 0 Å². The largest absolute Gasteiger partial charge is 0.326 e. The van der Waals surface area contributed by atoms with E-state index in [1.807, 2.05) is 31.3 Å². The maximum absolute atomic E-state index is 11.7. The first-order valence-corrected chi connectivity index (χ1v) is 6.31. The van der Waals surface area contributed by atoms with Crippen molar-refractivity contribution in [1.82, 2.24) is 5.32 Å². The Kier molecular flexibility index (Phi) is 4.15. The molecule has 0 heterocycles. The first-order chi connectivity index (χ1) is 8.28. The van der Waals surface area contributed by atoms with E-state index in [0.29, 0.717) is 12.3 Å². The van der Waals surface area contributed by atoms with Gasteiger partial charge in [0.1, 0.15) is 0 Å². The van der Waals surface area contributed by atoms with Gasteiger partial charge in [0.15, 0.2) is 0 Å². The highest BCUT2D eigenvalue weighted by atomic mass is 16.1. The minimum Gasteiger partial charge on any atom is -0.326 e. The summed E-state index contributed by atoms with van der Waals surface area (Å²) in [4.78, 5) is 11.7. The van der Waals surface area contributed by atoms with E-state index in [4.69, 9.17) is 0 Å². The Hall–Kier alpha value is -1.35. The van der Waals surface area contributed by atoms with Gasteiger partial charge in [-0.05, 0) is 43.5 Å². The lowest BCUT2D eigenvalue weighted by molar-refractivity contribution is -0.117. The normalized spacial score (nSPS) is 15.4. The lowest BCUT2D eigenvalue weighted by Gasteiger charge is -2.24. The maximum Gasteiger partial charge on any atom is 0.224 e. The van der Waals surface area contributed by atoms with Crippen LogP contribution in [0.1, 0.15) is 31.2 Å². The van der Waals surface area contributed by atoms with Crippen LogP contribution >= 0.6 is 0 Å². The second-order valence-electron chi connectivity index (χ2n) is 4.78. The number of carbonyl (C=O) groups is 1. The van der Waals surface area contributed by atoms with Gasteiger partial charge in [-0.2, -0.15) is 0 Å². The van der Waals surface area contributed by atoms with E-state index < -0.39 is 0 Å². The topological polar surface area (TPSA) is 41.1 Å². The second-order valence-corrected chi connectivity index (χ2v) is 4.78. The van der Waals surface area contributed by atoms with Crippen LogP contribution in [0.5, 0.6) is 0 Å². The van der Waals surface area contributed by atoms with Gasteiger partial charge in [-0.25, -0.2) is 0 Å². The van der Waals surface area contributed by atoms with Crippen molar-refractivity contribution in [1.29, 1.82) is 0 Å². The quantitative estimate of drug-likeness (QED) is 0.819. The predicted molar refractivity (Wildman–Crippen MR) is 69.8 cm³/mol. The summed E-state index contributed by atoms with van der Waals surface area (Å²) in [5.41, 5.74) is 2.12. The fraction of sp³-hybridized carbons (Fsp3) is 0.500. The van der Waals surface area contributed by atoms with E-state index in [9.17, 15) is 4.79 Å². The summed E-state index contributed by atoms with van der Waals surface area (Å²) in [6.45, 7) is 0.857. The molecule has 1 aromatic rings. The summed E-state index contributed by atoms with van der Waals surface area (Å²) in [5.74, 6) is 0.773. The zero-order valence-corrected chi connectivity index (χ0v) is 10.3. The lowest BCUT2D eigenvalue weighted by atomic mass is 9.83. The molecule has 17 heavy (non-hydrogen) atoms. The van der Waals surface area contributed by atoms with E-state index >= 15 is 0 Å². The average molecular weight is 232 g/mol. The molecular formula is C14H20N2O. The van der Waals surface area contributed by atoms with Crippen LogP contribution in [0.4, 0.5) is 5.69 Å². The number of benzene rings is 1. The number of hydrogen-bond donors (Lipinski definition) is 2. The molecule has 3 nitrogen and oxygen atoms in total. The number of rotatable bonds is 5. The molecule has 0 saturated heterocycles. The predicted octanol–water partition coefficient (Wildman–Crippen LogP) is 2.53. The van der Waals surface area contributed by atoms with Crippen molar-refractivity contribution in [2.45, 2.75) is 32.2 Å². The molecular weight excluding hydrogens is 212 g/mol. The lowest BCUT2D eigenvalue weighted by Crippen LogP contribution is -2.20. The number of carbonyl (C=O) groups excluding carboxylic acids is 1. The molecule has 2 rings (SSSR count). The molecule has 1 fully saturated rings. The number of anilines is 1. The minimum absolute atomic E-state index is 0.149. The van der Waals surface area contributed by atoms with Crippen LogP contribution in [0.2, 0.25) is 0 Å². The Labute approximate surface area is 103 Å². The highest BCUT2D eigenvalue weighted by molar-refractivity contribution is 5.90. The van der Waals surface area contributed by atoms with Crippen LogP contribution in [0.25, 0.3) is 0 Å². The molecule has 0 radical (unpaired) electrons. The van der Waals surface area contributed by atoms with Crippen molar-refractivity contribution < 1.29 is 4.79 Å². The van der Waals surface area contributed by atoms with Crippen LogP contribution < -0.4 is 10.6 Å². The first kappa shape index (κ1) is 12.1. The Bertz CT molecular complexity index is 368. The third kappa shape index (κ3) is 3.56.